The van der Waals surface area contributed by atoms with Crippen LogP contribution in [-0.2, 0) is 16.1 Å². The van der Waals surface area contributed by atoms with Gasteiger partial charge in [-0.15, -0.1) is 0 Å². The lowest BCUT2D eigenvalue weighted by atomic mass is 9.81. The summed E-state index contributed by atoms with van der Waals surface area (Å²) in [6.45, 7) is 0.457. The summed E-state index contributed by atoms with van der Waals surface area (Å²) in [5.41, 5.74) is 0.867. The van der Waals surface area contributed by atoms with Crippen LogP contribution in [-0.4, -0.2) is 17.0 Å². The summed E-state index contributed by atoms with van der Waals surface area (Å²) in [5.74, 6) is 0.0767. The second-order valence-corrected chi connectivity index (χ2v) is 7.40. The van der Waals surface area contributed by atoms with E-state index < -0.39 is 16.8 Å². The van der Waals surface area contributed by atoms with E-state index in [1.807, 2.05) is 36.4 Å². The zero-order chi connectivity index (χ0) is 17.5. The molecule has 5 heteroatoms. The first-order valence-electron chi connectivity index (χ1n) is 8.68. The van der Waals surface area contributed by atoms with Crippen molar-refractivity contribution in [3.05, 3.63) is 48.2 Å². The average molecular weight is 339 g/mol. The van der Waals surface area contributed by atoms with E-state index in [4.69, 9.17) is 4.42 Å². The molecule has 0 radical (unpaired) electrons. The van der Waals surface area contributed by atoms with E-state index in [0.29, 0.717) is 38.6 Å². The van der Waals surface area contributed by atoms with Gasteiger partial charge in [0.05, 0.1) is 17.1 Å². The Morgan fingerprint density at radius 2 is 1.72 bits per heavy atom. The number of aliphatic carboxylic acids is 1. The Morgan fingerprint density at radius 3 is 2.28 bits per heavy atom. The second kappa shape index (κ2) is 5.76. The van der Waals surface area contributed by atoms with Crippen molar-refractivity contribution in [2.45, 2.75) is 38.6 Å². The lowest BCUT2D eigenvalue weighted by molar-refractivity contribution is -0.148. The van der Waals surface area contributed by atoms with Gasteiger partial charge in [-0.3, -0.25) is 9.59 Å². The molecule has 2 N–H and O–H groups in total. The average Bonchev–Trinajstić information content (AvgIpc) is 3.36. The molecule has 2 bridgehead atoms. The summed E-state index contributed by atoms with van der Waals surface area (Å²) < 4.78 is 5.37. The van der Waals surface area contributed by atoms with Crippen LogP contribution in [0.1, 0.15) is 37.7 Å². The molecule has 0 unspecified atom stereocenters. The Hall–Kier alpha value is -2.56. The number of benzene rings is 1. The van der Waals surface area contributed by atoms with Gasteiger partial charge in [0, 0.05) is 12.1 Å². The Morgan fingerprint density at radius 1 is 1.04 bits per heavy atom. The number of nitrogens with one attached hydrogen (secondary N) is 1. The highest BCUT2D eigenvalue weighted by molar-refractivity contribution is 5.87. The number of carbonyl (C=O) groups excluding carboxylic acids is 1. The lowest BCUT2D eigenvalue weighted by Crippen LogP contribution is -2.37. The minimum atomic E-state index is -0.742. The van der Waals surface area contributed by atoms with Crippen molar-refractivity contribution in [1.29, 1.82) is 0 Å². The van der Waals surface area contributed by atoms with Crippen LogP contribution >= 0.6 is 0 Å². The largest absolute Gasteiger partial charge is 0.481 e. The minimum absolute atomic E-state index is 0.00300. The molecule has 2 aliphatic rings. The van der Waals surface area contributed by atoms with Gasteiger partial charge in [-0.2, -0.15) is 0 Å². The van der Waals surface area contributed by atoms with Crippen molar-refractivity contribution >= 4 is 11.9 Å². The standard InChI is InChI=1S/C20H21NO4/c22-17(19-7-9-20(13-19,10-8-19)18(23)24)21-12-14-3-5-15(6-4-14)16-2-1-11-25-16/h1-6,11H,7-10,12-13H2,(H,21,22)(H,23,24). The molecule has 25 heavy (non-hydrogen) atoms. The number of hydrogen-bond acceptors (Lipinski definition) is 3. The van der Waals surface area contributed by atoms with Gasteiger partial charge in [0.15, 0.2) is 0 Å². The van der Waals surface area contributed by atoms with E-state index in [0.717, 1.165) is 16.9 Å². The number of carbonyl (C=O) groups is 2. The highest BCUT2D eigenvalue weighted by Gasteiger charge is 2.61. The topological polar surface area (TPSA) is 79.5 Å². The van der Waals surface area contributed by atoms with Crippen LogP contribution in [0, 0.1) is 10.8 Å². The maximum absolute atomic E-state index is 12.7. The van der Waals surface area contributed by atoms with Gasteiger partial charge < -0.3 is 14.8 Å². The summed E-state index contributed by atoms with van der Waals surface area (Å²) in [4.78, 5) is 24.2. The number of furan rings is 1. The summed E-state index contributed by atoms with van der Waals surface area (Å²) in [6, 6.07) is 11.6. The number of rotatable bonds is 5. The van der Waals surface area contributed by atoms with E-state index >= 15 is 0 Å². The van der Waals surface area contributed by atoms with Gasteiger partial charge >= 0.3 is 5.97 Å². The summed E-state index contributed by atoms with van der Waals surface area (Å²) in [7, 11) is 0. The zero-order valence-electron chi connectivity index (χ0n) is 14.0. The molecule has 2 aromatic rings. The molecular formula is C20H21NO4. The maximum Gasteiger partial charge on any atom is 0.309 e. The Labute approximate surface area is 146 Å². The first kappa shape index (κ1) is 15.9. The Balaban J connectivity index is 1.39. The summed E-state index contributed by atoms with van der Waals surface area (Å²) >= 11 is 0. The van der Waals surface area contributed by atoms with Gasteiger partial charge in [0.2, 0.25) is 5.91 Å². The molecule has 0 aliphatic heterocycles. The van der Waals surface area contributed by atoms with Crippen LogP contribution in [0.3, 0.4) is 0 Å². The number of amides is 1. The molecule has 0 saturated heterocycles. The molecule has 2 saturated carbocycles. The molecule has 0 spiro atoms. The third-order valence-corrected chi connectivity index (χ3v) is 5.99. The van der Waals surface area contributed by atoms with Crippen molar-refractivity contribution in [2.24, 2.45) is 10.8 Å². The van der Waals surface area contributed by atoms with Gasteiger partial charge in [-0.1, -0.05) is 24.3 Å². The number of fused-ring (bicyclic) bond motifs is 2. The molecule has 0 atom stereocenters. The predicted molar refractivity (Wildman–Crippen MR) is 91.6 cm³/mol. The molecule has 2 aliphatic carbocycles. The molecule has 1 amide bonds. The van der Waals surface area contributed by atoms with Crippen molar-refractivity contribution in [2.75, 3.05) is 0 Å². The van der Waals surface area contributed by atoms with E-state index in [-0.39, 0.29) is 5.91 Å². The van der Waals surface area contributed by atoms with E-state index in [1.165, 1.54) is 0 Å². The van der Waals surface area contributed by atoms with Crippen molar-refractivity contribution < 1.29 is 19.1 Å². The molecule has 4 rings (SSSR count). The molecule has 2 fully saturated rings. The molecule has 1 aromatic carbocycles. The van der Waals surface area contributed by atoms with Crippen molar-refractivity contribution in [3.8, 4) is 11.3 Å². The number of hydrogen-bond donors (Lipinski definition) is 2. The van der Waals surface area contributed by atoms with E-state index in [2.05, 4.69) is 5.32 Å². The SMILES string of the molecule is O=C(O)C12CCC(C(=O)NCc3ccc(-c4ccco4)cc3)(CC1)C2. The molecule has 5 nitrogen and oxygen atoms in total. The predicted octanol–water partition coefficient (Wildman–Crippen LogP) is 3.60. The highest BCUT2D eigenvalue weighted by Crippen LogP contribution is 2.61. The number of carboxylic acids is 1. The Kier molecular flexibility index (Phi) is 3.67. The van der Waals surface area contributed by atoms with E-state index in [9.17, 15) is 14.7 Å². The third kappa shape index (κ3) is 2.64. The van der Waals surface area contributed by atoms with Crippen LogP contribution in [0.25, 0.3) is 11.3 Å². The normalized spacial score (nSPS) is 27.4. The summed E-state index contributed by atoms with van der Waals surface area (Å²) in [6.07, 6.45) is 4.73. The number of carboxylic acid groups (broad SMARTS) is 1. The fourth-order valence-corrected chi connectivity index (χ4v) is 4.40. The minimum Gasteiger partial charge on any atom is -0.481 e. The van der Waals surface area contributed by atoms with Gasteiger partial charge in [-0.05, 0) is 49.8 Å². The van der Waals surface area contributed by atoms with Crippen LogP contribution in [0.15, 0.2) is 47.1 Å². The van der Waals surface area contributed by atoms with Crippen molar-refractivity contribution in [1.82, 2.24) is 5.32 Å². The fourth-order valence-electron chi connectivity index (χ4n) is 4.40. The molecule has 130 valence electrons. The van der Waals surface area contributed by atoms with Crippen molar-refractivity contribution in [3.63, 3.8) is 0 Å². The van der Waals surface area contributed by atoms with E-state index in [1.54, 1.807) is 6.26 Å². The molecule has 1 heterocycles. The molecule has 1 aromatic heterocycles. The molecular weight excluding hydrogens is 318 g/mol. The monoisotopic (exact) mass is 339 g/mol. The summed E-state index contributed by atoms with van der Waals surface area (Å²) in [5, 5.41) is 12.5. The second-order valence-electron chi connectivity index (χ2n) is 7.40. The third-order valence-electron chi connectivity index (χ3n) is 5.99. The Bertz CT molecular complexity index is 784. The van der Waals surface area contributed by atoms with Crippen LogP contribution in [0.4, 0.5) is 0 Å². The highest BCUT2D eigenvalue weighted by atomic mass is 16.4. The first-order valence-corrected chi connectivity index (χ1v) is 8.68. The van der Waals surface area contributed by atoms with Crippen LogP contribution in [0.5, 0.6) is 0 Å². The quantitative estimate of drug-likeness (QED) is 0.872. The van der Waals surface area contributed by atoms with Crippen LogP contribution in [0.2, 0.25) is 0 Å². The van der Waals surface area contributed by atoms with Gasteiger partial charge in [-0.25, -0.2) is 0 Å². The fraction of sp³-hybridized carbons (Fsp3) is 0.400. The lowest BCUT2D eigenvalue weighted by Gasteiger charge is -2.25. The van der Waals surface area contributed by atoms with Crippen LogP contribution < -0.4 is 5.32 Å². The van der Waals surface area contributed by atoms with Gasteiger partial charge in [0.1, 0.15) is 5.76 Å². The first-order chi connectivity index (χ1) is 12.0. The smallest absolute Gasteiger partial charge is 0.309 e. The van der Waals surface area contributed by atoms with Gasteiger partial charge in [0.25, 0.3) is 0 Å². The maximum atomic E-state index is 12.7. The zero-order valence-corrected chi connectivity index (χ0v) is 14.0.